The van der Waals surface area contributed by atoms with Gasteiger partial charge in [0.15, 0.2) is 0 Å². The molecule has 0 fully saturated rings. The average molecular weight is 297 g/mol. The number of nitriles is 1. The van der Waals surface area contributed by atoms with Gasteiger partial charge in [-0.25, -0.2) is 4.98 Å². The summed E-state index contributed by atoms with van der Waals surface area (Å²) in [5.74, 6) is 0.972. The normalized spacial score (nSPS) is 10.7. The lowest BCUT2D eigenvalue weighted by molar-refractivity contribution is 0.971. The number of hydrogen-bond donors (Lipinski definition) is 3. The second-order valence-corrected chi connectivity index (χ2v) is 5.59. The molecule has 0 unspecified atom stereocenters. The highest BCUT2D eigenvalue weighted by atomic mass is 32.2. The van der Waals surface area contributed by atoms with Gasteiger partial charge in [0.05, 0.1) is 23.0 Å². The van der Waals surface area contributed by atoms with E-state index in [2.05, 4.69) is 32.7 Å². The Kier molecular flexibility index (Phi) is 3.59. The van der Waals surface area contributed by atoms with E-state index in [-0.39, 0.29) is 0 Å². The number of H-pyrrole nitrogens is 2. The zero-order valence-electron chi connectivity index (χ0n) is 11.8. The Hall–Kier alpha value is -2.39. The van der Waals surface area contributed by atoms with Crippen LogP contribution in [0.15, 0.2) is 29.6 Å². The molecule has 1 aromatic carbocycles. The lowest BCUT2D eigenvalue weighted by atomic mass is 10.1. The van der Waals surface area contributed by atoms with Gasteiger partial charge in [0.1, 0.15) is 16.9 Å². The summed E-state index contributed by atoms with van der Waals surface area (Å²) in [6, 6.07) is 6.25. The summed E-state index contributed by atoms with van der Waals surface area (Å²) in [5.41, 5.74) is 3.67. The summed E-state index contributed by atoms with van der Waals surface area (Å²) in [6.07, 6.45) is 4.45. The third-order valence-corrected chi connectivity index (χ3v) is 4.12. The lowest BCUT2D eigenvalue weighted by Crippen LogP contribution is -1.90. The monoisotopic (exact) mass is 297 g/mol. The van der Waals surface area contributed by atoms with Gasteiger partial charge in [-0.1, -0.05) is 13.0 Å². The number of aryl methyl sites for hydroxylation is 2. The van der Waals surface area contributed by atoms with Crippen LogP contribution < -0.4 is 4.72 Å². The predicted molar refractivity (Wildman–Crippen MR) is 85.2 cm³/mol. The minimum absolute atomic E-state index is 0.672. The quantitative estimate of drug-likeness (QED) is 0.641. The van der Waals surface area contributed by atoms with E-state index in [1.165, 1.54) is 11.9 Å². The summed E-state index contributed by atoms with van der Waals surface area (Å²) in [4.78, 5) is 10.7. The Morgan fingerprint density at radius 1 is 1.43 bits per heavy atom. The van der Waals surface area contributed by atoms with Gasteiger partial charge in [0.25, 0.3) is 0 Å². The Balaban J connectivity index is 1.89. The van der Waals surface area contributed by atoms with Crippen LogP contribution in [0, 0.1) is 18.3 Å². The highest BCUT2D eigenvalue weighted by Gasteiger charge is 2.10. The van der Waals surface area contributed by atoms with Crippen molar-refractivity contribution < 1.29 is 0 Å². The van der Waals surface area contributed by atoms with Crippen molar-refractivity contribution in [3.05, 3.63) is 41.5 Å². The molecule has 0 amide bonds. The van der Waals surface area contributed by atoms with E-state index >= 15 is 0 Å². The molecule has 21 heavy (non-hydrogen) atoms. The third kappa shape index (κ3) is 2.48. The van der Waals surface area contributed by atoms with Crippen LogP contribution in [-0.2, 0) is 6.42 Å². The molecule has 106 valence electrons. The van der Waals surface area contributed by atoms with Crippen molar-refractivity contribution in [1.29, 1.82) is 5.26 Å². The fourth-order valence-corrected chi connectivity index (χ4v) is 2.94. The van der Waals surface area contributed by atoms with Crippen LogP contribution in [0.2, 0.25) is 0 Å². The molecule has 2 heterocycles. The van der Waals surface area contributed by atoms with Crippen molar-refractivity contribution in [2.45, 2.75) is 25.3 Å². The van der Waals surface area contributed by atoms with E-state index in [1.807, 2.05) is 25.3 Å². The lowest BCUT2D eigenvalue weighted by Gasteiger charge is -2.07. The van der Waals surface area contributed by atoms with E-state index < -0.39 is 0 Å². The van der Waals surface area contributed by atoms with E-state index in [9.17, 15) is 0 Å². The van der Waals surface area contributed by atoms with Crippen LogP contribution >= 0.6 is 11.9 Å². The molecule has 3 aromatic rings. The summed E-state index contributed by atoms with van der Waals surface area (Å²) in [6.45, 7) is 4.07. The molecule has 2 aromatic heterocycles. The first-order valence-corrected chi connectivity index (χ1v) is 7.52. The van der Waals surface area contributed by atoms with Crippen LogP contribution in [0.5, 0.6) is 0 Å². The number of fused-ring (bicyclic) bond motifs is 1. The summed E-state index contributed by atoms with van der Waals surface area (Å²) < 4.78 is 3.31. The number of anilines is 1. The van der Waals surface area contributed by atoms with E-state index in [0.29, 0.717) is 5.56 Å². The van der Waals surface area contributed by atoms with Gasteiger partial charge in [-0.05, 0) is 18.6 Å². The molecule has 0 aliphatic carbocycles. The number of imidazole rings is 1. The van der Waals surface area contributed by atoms with Gasteiger partial charge in [0.2, 0.25) is 0 Å². The second-order valence-electron chi connectivity index (χ2n) is 4.75. The maximum Gasteiger partial charge on any atom is 0.113 e. The minimum atomic E-state index is 0.672. The van der Waals surface area contributed by atoms with Crippen molar-refractivity contribution in [2.24, 2.45) is 0 Å². The first-order chi connectivity index (χ1) is 10.2. The number of nitrogens with zero attached hydrogens (tertiary/aromatic N) is 2. The SMILES string of the molecule is CCc1ncc(SNc2ccc(C)c3c(C#N)c[nH]c23)[nH]1. The first kappa shape index (κ1) is 13.6. The molecule has 0 radical (unpaired) electrons. The molecular formula is C15H15N5S. The highest BCUT2D eigenvalue weighted by molar-refractivity contribution is 8.00. The number of aromatic amines is 2. The van der Waals surface area contributed by atoms with Gasteiger partial charge in [-0.15, -0.1) is 0 Å². The standard InChI is InChI=1S/C15H15N5S/c1-3-12-17-8-13(19-12)21-20-11-5-4-9(2)14-10(6-16)7-18-15(11)14/h4-5,7-8,18,20H,3H2,1-2H3,(H,17,19). The van der Waals surface area contributed by atoms with Crippen LogP contribution in [0.4, 0.5) is 5.69 Å². The van der Waals surface area contributed by atoms with Gasteiger partial charge < -0.3 is 14.7 Å². The maximum atomic E-state index is 9.17. The minimum Gasteiger partial charge on any atom is -0.358 e. The molecular weight excluding hydrogens is 282 g/mol. The van der Waals surface area contributed by atoms with Crippen molar-refractivity contribution in [2.75, 3.05) is 4.72 Å². The Labute approximate surface area is 126 Å². The molecule has 0 saturated carbocycles. The smallest absolute Gasteiger partial charge is 0.113 e. The predicted octanol–water partition coefficient (Wildman–Crippen LogP) is 3.75. The van der Waals surface area contributed by atoms with Gasteiger partial charge in [0, 0.05) is 30.0 Å². The molecule has 0 saturated heterocycles. The second kappa shape index (κ2) is 5.54. The number of rotatable bonds is 4. The maximum absolute atomic E-state index is 9.17. The summed E-state index contributed by atoms with van der Waals surface area (Å²) in [5, 5.41) is 11.1. The van der Waals surface area contributed by atoms with E-state index in [4.69, 9.17) is 5.26 Å². The number of benzene rings is 1. The molecule has 0 aliphatic rings. The zero-order chi connectivity index (χ0) is 14.8. The molecule has 0 aliphatic heterocycles. The van der Waals surface area contributed by atoms with Gasteiger partial charge >= 0.3 is 0 Å². The molecule has 0 spiro atoms. The molecule has 0 bridgehead atoms. The van der Waals surface area contributed by atoms with Crippen molar-refractivity contribution in [3.63, 3.8) is 0 Å². The molecule has 5 nitrogen and oxygen atoms in total. The summed E-state index contributed by atoms with van der Waals surface area (Å²) >= 11 is 1.48. The van der Waals surface area contributed by atoms with E-state index in [1.54, 1.807) is 6.20 Å². The average Bonchev–Trinajstić information content (AvgIpc) is 3.13. The molecule has 3 rings (SSSR count). The first-order valence-electron chi connectivity index (χ1n) is 6.70. The Morgan fingerprint density at radius 2 is 2.29 bits per heavy atom. The van der Waals surface area contributed by atoms with Crippen LogP contribution in [0.25, 0.3) is 10.9 Å². The third-order valence-electron chi connectivity index (χ3n) is 3.38. The number of nitrogens with one attached hydrogen (secondary N) is 3. The van der Waals surface area contributed by atoms with Gasteiger partial charge in [-0.2, -0.15) is 5.26 Å². The fraction of sp³-hybridized carbons (Fsp3) is 0.200. The molecule has 3 N–H and O–H groups in total. The Bertz CT molecular complexity index is 824. The molecule has 6 heteroatoms. The fourth-order valence-electron chi connectivity index (χ4n) is 2.28. The summed E-state index contributed by atoms with van der Waals surface area (Å²) in [7, 11) is 0. The van der Waals surface area contributed by atoms with Crippen LogP contribution in [0.3, 0.4) is 0 Å². The highest BCUT2D eigenvalue weighted by Crippen LogP contribution is 2.31. The topological polar surface area (TPSA) is 80.3 Å². The van der Waals surface area contributed by atoms with Gasteiger partial charge in [-0.3, -0.25) is 0 Å². The van der Waals surface area contributed by atoms with Crippen molar-refractivity contribution in [1.82, 2.24) is 15.0 Å². The number of aromatic nitrogens is 3. The number of hydrogen-bond acceptors (Lipinski definition) is 4. The van der Waals surface area contributed by atoms with Crippen molar-refractivity contribution in [3.8, 4) is 6.07 Å². The molecule has 0 atom stereocenters. The van der Waals surface area contributed by atoms with Crippen molar-refractivity contribution >= 4 is 28.5 Å². The largest absolute Gasteiger partial charge is 0.358 e. The van der Waals surface area contributed by atoms with E-state index in [0.717, 1.165) is 39.4 Å². The van der Waals surface area contributed by atoms with Crippen LogP contribution in [-0.4, -0.2) is 15.0 Å². The zero-order valence-corrected chi connectivity index (χ0v) is 12.6. The van der Waals surface area contributed by atoms with Crippen LogP contribution in [0.1, 0.15) is 23.9 Å². The Morgan fingerprint density at radius 3 is 3.00 bits per heavy atom.